The van der Waals surface area contributed by atoms with E-state index < -0.39 is 27.9 Å². The lowest BCUT2D eigenvalue weighted by molar-refractivity contribution is -0.140. The highest BCUT2D eigenvalue weighted by atomic mass is 32.2. The van der Waals surface area contributed by atoms with Gasteiger partial charge in [-0.2, -0.15) is 0 Å². The van der Waals surface area contributed by atoms with Crippen molar-refractivity contribution < 1.29 is 23.1 Å². The Balaban J connectivity index is 2.77. The number of nitrogens with zero attached hydrogens (tertiary/aromatic N) is 1. The first-order valence-corrected chi connectivity index (χ1v) is 8.90. The fourth-order valence-electron chi connectivity index (χ4n) is 2.38. The van der Waals surface area contributed by atoms with E-state index in [0.29, 0.717) is 18.9 Å². The van der Waals surface area contributed by atoms with Crippen LogP contribution in [0.1, 0.15) is 27.2 Å². The molecule has 122 valence electrons. The molecule has 0 bridgehead atoms. The van der Waals surface area contributed by atoms with Crippen LogP contribution in [0, 0.1) is 5.92 Å². The van der Waals surface area contributed by atoms with Crippen LogP contribution < -0.4 is 5.32 Å². The number of carboxylic acid groups (broad SMARTS) is 1. The third-order valence-corrected chi connectivity index (χ3v) is 5.31. The molecule has 1 fully saturated rings. The minimum Gasteiger partial charge on any atom is -0.480 e. The summed E-state index contributed by atoms with van der Waals surface area (Å²) in [4.78, 5) is 24.6. The molecule has 0 spiro atoms. The number of carbonyl (C=O) groups is 2. The van der Waals surface area contributed by atoms with Crippen molar-refractivity contribution in [2.24, 2.45) is 5.92 Å². The molecule has 0 radical (unpaired) electrons. The Morgan fingerprint density at radius 2 is 1.95 bits per heavy atom. The van der Waals surface area contributed by atoms with Crippen LogP contribution >= 0.6 is 0 Å². The van der Waals surface area contributed by atoms with E-state index in [4.69, 9.17) is 5.11 Å². The van der Waals surface area contributed by atoms with Crippen LogP contribution in [-0.2, 0) is 19.4 Å². The van der Waals surface area contributed by atoms with Crippen molar-refractivity contribution in [1.82, 2.24) is 10.2 Å². The van der Waals surface area contributed by atoms with Crippen molar-refractivity contribution in [3.63, 3.8) is 0 Å². The Hall–Kier alpha value is -1.15. The van der Waals surface area contributed by atoms with Crippen LogP contribution in [-0.4, -0.2) is 67.0 Å². The Labute approximate surface area is 125 Å². The molecule has 1 aliphatic heterocycles. The molecule has 8 heteroatoms. The molecule has 0 aromatic heterocycles. The fourth-order valence-corrected chi connectivity index (χ4v) is 4.12. The molecule has 0 aliphatic carbocycles. The van der Waals surface area contributed by atoms with Gasteiger partial charge in [0.25, 0.3) is 0 Å². The maximum Gasteiger partial charge on any atom is 0.317 e. The Morgan fingerprint density at radius 1 is 1.33 bits per heavy atom. The van der Waals surface area contributed by atoms with Crippen molar-refractivity contribution in [2.75, 3.05) is 24.6 Å². The predicted octanol–water partition coefficient (Wildman–Crippen LogP) is -0.279. The van der Waals surface area contributed by atoms with Gasteiger partial charge >= 0.3 is 5.97 Å². The molecule has 21 heavy (non-hydrogen) atoms. The van der Waals surface area contributed by atoms with Crippen LogP contribution in [0.3, 0.4) is 0 Å². The molecule has 2 unspecified atom stereocenters. The third kappa shape index (κ3) is 5.62. The summed E-state index contributed by atoms with van der Waals surface area (Å²) in [6.45, 7) is 5.71. The van der Waals surface area contributed by atoms with E-state index in [1.807, 2.05) is 13.8 Å². The monoisotopic (exact) mass is 320 g/mol. The predicted molar refractivity (Wildman–Crippen MR) is 78.7 cm³/mol. The second kappa shape index (κ2) is 7.22. The molecule has 2 N–H and O–H groups in total. The number of carboxylic acids is 1. The minimum atomic E-state index is -3.13. The molecular weight excluding hydrogens is 296 g/mol. The topological polar surface area (TPSA) is 104 Å². The number of aliphatic carboxylic acids is 1. The van der Waals surface area contributed by atoms with E-state index in [2.05, 4.69) is 5.32 Å². The Kier molecular flexibility index (Phi) is 6.15. The summed E-state index contributed by atoms with van der Waals surface area (Å²) in [5.41, 5.74) is 0. The summed E-state index contributed by atoms with van der Waals surface area (Å²) >= 11 is 0. The molecule has 0 aromatic carbocycles. The van der Waals surface area contributed by atoms with Gasteiger partial charge in [-0.3, -0.25) is 14.5 Å². The lowest BCUT2D eigenvalue weighted by Crippen LogP contribution is -2.52. The highest BCUT2D eigenvalue weighted by Crippen LogP contribution is 2.20. The number of hydrogen-bond acceptors (Lipinski definition) is 5. The summed E-state index contributed by atoms with van der Waals surface area (Å²) in [5, 5.41) is 11.8. The molecular formula is C13H24N2O5S. The second-order valence-corrected chi connectivity index (χ2v) is 8.17. The van der Waals surface area contributed by atoms with Crippen molar-refractivity contribution in [1.29, 1.82) is 0 Å². The molecule has 0 saturated carbocycles. The van der Waals surface area contributed by atoms with E-state index in [1.54, 1.807) is 6.92 Å². The lowest BCUT2D eigenvalue weighted by atomic mass is 10.1. The molecule has 1 amide bonds. The first-order valence-electron chi connectivity index (χ1n) is 7.08. The molecule has 1 saturated heterocycles. The van der Waals surface area contributed by atoms with E-state index in [0.717, 1.165) is 0 Å². The summed E-state index contributed by atoms with van der Waals surface area (Å²) in [6.07, 6.45) is 0.372. The summed E-state index contributed by atoms with van der Waals surface area (Å²) in [5.74, 6) is -1.08. The molecule has 1 rings (SSSR count). The molecule has 0 aromatic rings. The van der Waals surface area contributed by atoms with E-state index in [9.17, 15) is 18.0 Å². The largest absolute Gasteiger partial charge is 0.480 e. The molecule has 1 aliphatic rings. The van der Waals surface area contributed by atoms with E-state index >= 15 is 0 Å². The first kappa shape index (κ1) is 17.9. The quantitative estimate of drug-likeness (QED) is 0.669. The normalized spacial score (nSPS) is 22.4. The van der Waals surface area contributed by atoms with Gasteiger partial charge in [-0.1, -0.05) is 13.8 Å². The first-order chi connectivity index (χ1) is 9.62. The minimum absolute atomic E-state index is 0.0497. The molecule has 7 nitrogen and oxygen atoms in total. The van der Waals surface area contributed by atoms with E-state index in [1.165, 1.54) is 4.90 Å². The van der Waals surface area contributed by atoms with Crippen molar-refractivity contribution in [3.8, 4) is 0 Å². The Morgan fingerprint density at radius 3 is 2.38 bits per heavy atom. The summed E-state index contributed by atoms with van der Waals surface area (Å²) in [6, 6.07) is -1.08. The number of carbonyl (C=O) groups excluding carboxylic acids is 1. The zero-order chi connectivity index (χ0) is 16.2. The lowest BCUT2D eigenvalue weighted by Gasteiger charge is -2.31. The smallest absolute Gasteiger partial charge is 0.317 e. The Bertz CT molecular complexity index is 489. The van der Waals surface area contributed by atoms with Gasteiger partial charge < -0.3 is 10.4 Å². The van der Waals surface area contributed by atoms with Crippen molar-refractivity contribution in [3.05, 3.63) is 0 Å². The number of rotatable bonds is 7. The van der Waals surface area contributed by atoms with Crippen molar-refractivity contribution >= 4 is 21.7 Å². The van der Waals surface area contributed by atoms with Crippen LogP contribution in [0.5, 0.6) is 0 Å². The maximum atomic E-state index is 12.1. The SMILES string of the molecule is CC(C)CNC(=O)C(C)N(CC(=O)O)C1CCS(=O)(=O)C1. The summed E-state index contributed by atoms with van der Waals surface area (Å²) < 4.78 is 23.1. The zero-order valence-corrected chi connectivity index (χ0v) is 13.5. The molecule has 1 heterocycles. The van der Waals surface area contributed by atoms with Gasteiger partial charge in [-0.15, -0.1) is 0 Å². The van der Waals surface area contributed by atoms with Crippen molar-refractivity contribution in [2.45, 2.75) is 39.3 Å². The average Bonchev–Trinajstić information content (AvgIpc) is 2.72. The van der Waals surface area contributed by atoms with E-state index in [-0.39, 0.29) is 24.0 Å². The van der Waals surface area contributed by atoms with Gasteiger partial charge in [-0.05, 0) is 19.3 Å². The molecule has 2 atom stereocenters. The fraction of sp³-hybridized carbons (Fsp3) is 0.846. The van der Waals surface area contributed by atoms with Gasteiger partial charge in [0.2, 0.25) is 5.91 Å². The van der Waals surface area contributed by atoms with Gasteiger partial charge in [0.1, 0.15) is 0 Å². The zero-order valence-electron chi connectivity index (χ0n) is 12.7. The number of sulfone groups is 1. The third-order valence-electron chi connectivity index (χ3n) is 3.56. The van der Waals surface area contributed by atoms with Gasteiger partial charge in [0.05, 0.1) is 24.1 Å². The number of hydrogen-bond donors (Lipinski definition) is 2. The standard InChI is InChI=1S/C13H24N2O5S/c1-9(2)6-14-13(18)10(3)15(7-12(16)17)11-4-5-21(19,20)8-11/h9-11H,4-8H2,1-3H3,(H,14,18)(H,16,17). The average molecular weight is 320 g/mol. The number of amides is 1. The highest BCUT2D eigenvalue weighted by molar-refractivity contribution is 7.91. The van der Waals surface area contributed by atoms with Crippen LogP contribution in [0.15, 0.2) is 0 Å². The van der Waals surface area contributed by atoms with Gasteiger partial charge in [0, 0.05) is 12.6 Å². The van der Waals surface area contributed by atoms with Gasteiger partial charge in [-0.25, -0.2) is 8.42 Å². The summed E-state index contributed by atoms with van der Waals surface area (Å²) in [7, 11) is -3.13. The number of nitrogens with one attached hydrogen (secondary N) is 1. The van der Waals surface area contributed by atoms with Crippen LogP contribution in [0.25, 0.3) is 0 Å². The van der Waals surface area contributed by atoms with Crippen LogP contribution in [0.4, 0.5) is 0 Å². The highest BCUT2D eigenvalue weighted by Gasteiger charge is 2.37. The van der Waals surface area contributed by atoms with Crippen LogP contribution in [0.2, 0.25) is 0 Å². The van der Waals surface area contributed by atoms with Gasteiger partial charge in [0.15, 0.2) is 9.84 Å². The second-order valence-electron chi connectivity index (χ2n) is 5.94. The maximum absolute atomic E-state index is 12.1.